The van der Waals surface area contributed by atoms with Gasteiger partial charge in [0, 0.05) is 30.8 Å². The highest BCUT2D eigenvalue weighted by atomic mass is 127. The second kappa shape index (κ2) is 11.8. The Morgan fingerprint density at radius 1 is 1.07 bits per heavy atom. The molecule has 0 aliphatic carbocycles. The number of carbonyl (C=O) groups is 2. The summed E-state index contributed by atoms with van der Waals surface area (Å²) in [6.45, 7) is -1.35. The smallest absolute Gasteiger partial charge is 0.255 e. The van der Waals surface area contributed by atoms with Crippen LogP contribution in [-0.2, 0) is 0 Å². The van der Waals surface area contributed by atoms with Crippen molar-refractivity contribution in [3.8, 4) is 6.07 Å². The minimum Gasteiger partial charge on any atom is -0.394 e. The molecule has 0 saturated carbocycles. The van der Waals surface area contributed by atoms with Crippen LogP contribution in [0.3, 0.4) is 0 Å². The number of benzene rings is 1. The molecule has 1 aromatic carbocycles. The summed E-state index contributed by atoms with van der Waals surface area (Å²) < 4.78 is 1.05. The van der Waals surface area contributed by atoms with Crippen LogP contribution in [0.4, 0.5) is 0 Å². The predicted molar refractivity (Wildman–Crippen MR) is 125 cm³/mol. The van der Waals surface area contributed by atoms with Crippen molar-refractivity contribution in [2.45, 2.75) is 12.2 Å². The number of hydrogen-bond donors (Lipinski definition) is 5. The lowest BCUT2D eigenvalue weighted by atomic mass is 10.0. The van der Waals surface area contributed by atoms with Crippen molar-refractivity contribution in [3.63, 3.8) is 0 Å². The number of nitriles is 1. The number of amides is 2. The molecule has 0 aromatic heterocycles. The lowest BCUT2D eigenvalue weighted by Gasteiger charge is -2.23. The van der Waals surface area contributed by atoms with Crippen molar-refractivity contribution in [1.29, 1.82) is 5.26 Å². The van der Waals surface area contributed by atoms with Gasteiger partial charge < -0.3 is 30.6 Å². The third-order valence-electron chi connectivity index (χ3n) is 3.62. The Balaban J connectivity index is 3.45. The number of carbonyl (C=O) groups excluding carboxylic acids is 2. The fourth-order valence-electron chi connectivity index (χ4n) is 2.16. The van der Waals surface area contributed by atoms with E-state index in [1.807, 2.05) is 73.8 Å². The second-order valence-electron chi connectivity index (χ2n) is 5.75. The summed E-state index contributed by atoms with van der Waals surface area (Å²) >= 11 is 5.57. The monoisotopic (exact) mass is 729 g/mol. The molecule has 28 heavy (non-hydrogen) atoms. The fraction of sp³-hybridized carbons (Fsp3) is 0.438. The molecule has 9 nitrogen and oxygen atoms in total. The molecule has 154 valence electrons. The average molecular weight is 729 g/mol. The van der Waals surface area contributed by atoms with Crippen LogP contribution in [0.5, 0.6) is 0 Å². The van der Waals surface area contributed by atoms with Gasteiger partial charge in [-0.25, -0.2) is 0 Å². The van der Waals surface area contributed by atoms with E-state index in [4.69, 9.17) is 10.2 Å². The van der Waals surface area contributed by atoms with E-state index in [0.29, 0.717) is 10.7 Å². The third kappa shape index (κ3) is 6.09. The maximum Gasteiger partial charge on any atom is 0.255 e. The first-order valence-electron chi connectivity index (χ1n) is 7.82. The van der Waals surface area contributed by atoms with Crippen molar-refractivity contribution >= 4 is 79.6 Å². The number of nitrogens with one attached hydrogen (secondary N) is 1. The van der Waals surface area contributed by atoms with Crippen molar-refractivity contribution in [2.24, 2.45) is 0 Å². The van der Waals surface area contributed by atoms with Gasteiger partial charge in [-0.15, -0.1) is 0 Å². The van der Waals surface area contributed by atoms with Gasteiger partial charge in [-0.05, 0) is 67.8 Å². The van der Waals surface area contributed by atoms with Gasteiger partial charge in [0.25, 0.3) is 11.8 Å². The van der Waals surface area contributed by atoms with E-state index in [9.17, 15) is 25.1 Å². The lowest BCUT2D eigenvalue weighted by Crippen LogP contribution is -2.38. The molecular formula is C16H18I3N3O6. The zero-order chi connectivity index (χ0) is 21.6. The topological polar surface area (TPSA) is 154 Å². The number of rotatable bonds is 8. The van der Waals surface area contributed by atoms with Crippen molar-refractivity contribution < 1.29 is 30.0 Å². The minimum atomic E-state index is -1.13. The predicted octanol–water partition coefficient (Wildman–Crippen LogP) is -0.120. The molecule has 12 heteroatoms. The molecule has 0 spiro atoms. The quantitative estimate of drug-likeness (QED) is 0.234. The highest BCUT2D eigenvalue weighted by Crippen LogP contribution is 2.32. The second-order valence-corrected chi connectivity index (χ2v) is 8.98. The summed E-state index contributed by atoms with van der Waals surface area (Å²) in [5, 5.41) is 48.9. The van der Waals surface area contributed by atoms with Gasteiger partial charge in [-0.2, -0.15) is 5.26 Å². The summed E-state index contributed by atoms with van der Waals surface area (Å²) in [6, 6.07) is 2.00. The Kier molecular flexibility index (Phi) is 10.8. The number of likely N-dealkylation sites (N-methyl/N-ethyl adjacent to an activating group) is 1. The molecule has 1 rings (SSSR count). The van der Waals surface area contributed by atoms with E-state index in [0.717, 1.165) is 0 Å². The molecule has 0 fully saturated rings. The molecule has 0 aliphatic rings. The van der Waals surface area contributed by atoms with Crippen molar-refractivity contribution in [3.05, 3.63) is 27.4 Å². The van der Waals surface area contributed by atoms with E-state index >= 15 is 0 Å². The van der Waals surface area contributed by atoms with Crippen molar-refractivity contribution in [1.82, 2.24) is 10.2 Å². The SMILES string of the molecule is CN(CC(O)CO)C(=O)c1c(I)c(C#N)c(I)c(C(=O)NCC(O)CO)c1I. The Morgan fingerprint density at radius 2 is 1.61 bits per heavy atom. The summed E-state index contributed by atoms with van der Waals surface area (Å²) in [5.41, 5.74) is 0.412. The first-order valence-corrected chi connectivity index (χ1v) is 11.1. The van der Waals surface area contributed by atoms with Gasteiger partial charge in [-0.1, -0.05) is 0 Å². The Morgan fingerprint density at radius 3 is 2.11 bits per heavy atom. The summed E-state index contributed by atoms with van der Waals surface area (Å²) in [7, 11) is 1.44. The van der Waals surface area contributed by atoms with Crippen LogP contribution in [0.15, 0.2) is 0 Å². The molecular weight excluding hydrogens is 711 g/mol. The van der Waals surface area contributed by atoms with E-state index in [2.05, 4.69) is 5.32 Å². The summed E-state index contributed by atoms with van der Waals surface area (Å²) in [5.74, 6) is -1.11. The van der Waals surface area contributed by atoms with E-state index in [-0.39, 0.29) is 29.8 Å². The van der Waals surface area contributed by atoms with Gasteiger partial charge in [0.05, 0.1) is 42.1 Å². The molecule has 0 radical (unpaired) electrons. The number of hydrogen-bond acceptors (Lipinski definition) is 7. The summed E-state index contributed by atoms with van der Waals surface area (Å²) in [6.07, 6.45) is -2.25. The van der Waals surface area contributed by atoms with Crippen LogP contribution in [0.25, 0.3) is 0 Å². The van der Waals surface area contributed by atoms with Gasteiger partial charge >= 0.3 is 0 Å². The van der Waals surface area contributed by atoms with Crippen LogP contribution < -0.4 is 5.32 Å². The third-order valence-corrected chi connectivity index (χ3v) is 6.86. The minimum absolute atomic E-state index is 0.114. The van der Waals surface area contributed by atoms with E-state index in [1.165, 1.54) is 11.9 Å². The highest BCUT2D eigenvalue weighted by Gasteiger charge is 2.29. The van der Waals surface area contributed by atoms with E-state index in [1.54, 1.807) is 0 Å². The highest BCUT2D eigenvalue weighted by molar-refractivity contribution is 14.1. The molecule has 2 atom stereocenters. The molecule has 2 amide bonds. The number of nitrogens with zero attached hydrogens (tertiary/aromatic N) is 2. The van der Waals surface area contributed by atoms with Crippen LogP contribution in [0, 0.1) is 22.0 Å². The van der Waals surface area contributed by atoms with Gasteiger partial charge in [-0.3, -0.25) is 9.59 Å². The zero-order valence-corrected chi connectivity index (χ0v) is 21.1. The average Bonchev–Trinajstić information content (AvgIpc) is 2.65. The molecule has 0 aliphatic heterocycles. The Labute approximate surface area is 202 Å². The first kappa shape index (κ1) is 25.7. The standard InChI is InChI=1S/C16H18I3N3O6/c1-22(4-8(26)6-24)16(28)11-13(18)9(2-20)12(17)10(14(11)19)15(27)21-3-7(25)5-23/h7-8,23-26H,3-6H2,1H3,(H,21,27). The van der Waals surface area contributed by atoms with Crippen LogP contribution in [0.2, 0.25) is 0 Å². The van der Waals surface area contributed by atoms with E-state index < -0.39 is 37.2 Å². The maximum atomic E-state index is 12.9. The fourth-order valence-corrected chi connectivity index (χ4v) is 6.52. The van der Waals surface area contributed by atoms with Gasteiger partial charge in [0.15, 0.2) is 0 Å². The molecule has 0 heterocycles. The molecule has 1 aromatic rings. The van der Waals surface area contributed by atoms with Crippen LogP contribution in [0.1, 0.15) is 26.3 Å². The molecule has 0 bridgehead atoms. The van der Waals surface area contributed by atoms with Crippen LogP contribution >= 0.6 is 67.8 Å². The number of aliphatic hydroxyl groups is 4. The summed E-state index contributed by atoms with van der Waals surface area (Å²) in [4.78, 5) is 26.7. The zero-order valence-electron chi connectivity index (χ0n) is 14.6. The van der Waals surface area contributed by atoms with Gasteiger partial charge in [0.1, 0.15) is 6.07 Å². The molecule has 0 saturated heterocycles. The first-order chi connectivity index (χ1) is 13.1. The Hall–Kier alpha value is -0.320. The maximum absolute atomic E-state index is 12.9. The Bertz CT molecular complexity index is 799. The largest absolute Gasteiger partial charge is 0.394 e. The molecule has 5 N–H and O–H groups in total. The number of halogens is 3. The van der Waals surface area contributed by atoms with Crippen molar-refractivity contribution in [2.75, 3.05) is 33.4 Å². The molecule has 2 unspecified atom stereocenters. The van der Waals surface area contributed by atoms with Gasteiger partial charge in [0.2, 0.25) is 0 Å². The number of aliphatic hydroxyl groups excluding tert-OH is 4. The normalized spacial score (nSPS) is 12.8. The lowest BCUT2D eigenvalue weighted by molar-refractivity contribution is 0.0518. The van der Waals surface area contributed by atoms with Crippen LogP contribution in [-0.4, -0.2) is 82.7 Å².